The van der Waals surface area contributed by atoms with Crippen molar-refractivity contribution in [2.24, 2.45) is 23.7 Å². The van der Waals surface area contributed by atoms with Gasteiger partial charge in [0.1, 0.15) is 5.82 Å². The summed E-state index contributed by atoms with van der Waals surface area (Å²) in [6, 6.07) is 4.19. The number of halogens is 1. The van der Waals surface area contributed by atoms with Crippen molar-refractivity contribution >= 4 is 0 Å². The van der Waals surface area contributed by atoms with Gasteiger partial charge in [-0.15, -0.1) is 0 Å². The molecule has 0 aromatic heterocycles. The Balaban J connectivity index is 1.31. The minimum absolute atomic E-state index is 0.0991. The van der Waals surface area contributed by atoms with Crippen molar-refractivity contribution < 1.29 is 4.39 Å². The highest BCUT2D eigenvalue weighted by atomic mass is 19.1. The summed E-state index contributed by atoms with van der Waals surface area (Å²) in [7, 11) is 0. The first-order chi connectivity index (χ1) is 14.1. The number of hydrogen-bond donors (Lipinski definition) is 0. The van der Waals surface area contributed by atoms with Crippen molar-refractivity contribution in [3.05, 3.63) is 34.6 Å². The Morgan fingerprint density at radius 3 is 2.52 bits per heavy atom. The maximum Gasteiger partial charge on any atom is 0.126 e. The number of aryl methyl sites for hydroxylation is 1. The largest absolute Gasteiger partial charge is 0.207 e. The van der Waals surface area contributed by atoms with Crippen molar-refractivity contribution in [3.8, 4) is 0 Å². The second kappa shape index (κ2) is 9.97. The van der Waals surface area contributed by atoms with E-state index in [1.165, 1.54) is 94.6 Å². The van der Waals surface area contributed by atoms with Gasteiger partial charge in [-0.1, -0.05) is 64.9 Å². The number of benzene rings is 1. The molecule has 1 heteroatoms. The van der Waals surface area contributed by atoms with Crippen molar-refractivity contribution in [1.29, 1.82) is 0 Å². The van der Waals surface area contributed by atoms with Crippen LogP contribution in [0.5, 0.6) is 0 Å². The molecule has 3 aliphatic carbocycles. The fourth-order valence-corrected chi connectivity index (χ4v) is 6.86. The normalized spacial score (nSPS) is 31.9. The van der Waals surface area contributed by atoms with Crippen LogP contribution >= 0.6 is 0 Å². The summed E-state index contributed by atoms with van der Waals surface area (Å²) in [6.45, 7) is 4.60. The highest BCUT2D eigenvalue weighted by Gasteiger charge is 2.36. The smallest absolute Gasteiger partial charge is 0.126 e. The van der Waals surface area contributed by atoms with E-state index in [0.29, 0.717) is 11.8 Å². The quantitative estimate of drug-likeness (QED) is 0.403. The maximum atomic E-state index is 15.0. The lowest BCUT2D eigenvalue weighted by Crippen LogP contribution is -2.30. The molecule has 0 saturated heterocycles. The third-order valence-corrected chi connectivity index (χ3v) is 8.67. The molecular formula is C28H43F. The van der Waals surface area contributed by atoms with Crippen LogP contribution in [-0.2, 0) is 12.8 Å². The summed E-state index contributed by atoms with van der Waals surface area (Å²) in [4.78, 5) is 0. The zero-order chi connectivity index (χ0) is 20.2. The predicted octanol–water partition coefficient (Wildman–Crippen LogP) is 8.61. The van der Waals surface area contributed by atoms with Gasteiger partial charge in [0.25, 0.3) is 0 Å². The summed E-state index contributed by atoms with van der Waals surface area (Å²) in [5.74, 6) is 4.07. The van der Waals surface area contributed by atoms with Crippen LogP contribution in [0.1, 0.15) is 120 Å². The zero-order valence-electron chi connectivity index (χ0n) is 19.0. The van der Waals surface area contributed by atoms with E-state index < -0.39 is 0 Å². The SMILES string of the molecule is CCCCCCCC1CCC2CC(c3cc4c(cc3F)CC(C)CC4)CCC2C1. The van der Waals surface area contributed by atoms with E-state index in [2.05, 4.69) is 19.9 Å². The third-order valence-electron chi connectivity index (χ3n) is 8.67. The van der Waals surface area contributed by atoms with E-state index in [4.69, 9.17) is 0 Å². The van der Waals surface area contributed by atoms with Gasteiger partial charge in [-0.3, -0.25) is 0 Å². The third kappa shape index (κ3) is 5.26. The van der Waals surface area contributed by atoms with Crippen LogP contribution < -0.4 is 0 Å². The van der Waals surface area contributed by atoms with Gasteiger partial charge in [0.15, 0.2) is 0 Å². The average molecular weight is 399 g/mol. The first-order valence-electron chi connectivity index (χ1n) is 12.9. The molecule has 2 saturated carbocycles. The molecule has 1 aromatic carbocycles. The number of fused-ring (bicyclic) bond motifs is 2. The average Bonchev–Trinajstić information content (AvgIpc) is 2.72. The Hall–Kier alpha value is -0.850. The van der Waals surface area contributed by atoms with Gasteiger partial charge >= 0.3 is 0 Å². The van der Waals surface area contributed by atoms with Crippen LogP contribution in [-0.4, -0.2) is 0 Å². The van der Waals surface area contributed by atoms with Crippen LogP contribution in [0.2, 0.25) is 0 Å². The Labute approximate surface area is 179 Å². The molecule has 0 amide bonds. The highest BCUT2D eigenvalue weighted by molar-refractivity contribution is 5.37. The molecule has 5 unspecified atom stereocenters. The standard InChI is InChI=1S/C28H43F/c1-3-4-5-6-7-8-21-10-12-23-17-25(14-13-22(23)16-21)27-18-24-11-9-20(2)15-26(24)19-28(27)29/h18-23,25H,3-17H2,1-2H3. The first-order valence-corrected chi connectivity index (χ1v) is 12.9. The predicted molar refractivity (Wildman–Crippen MR) is 122 cm³/mol. The monoisotopic (exact) mass is 398 g/mol. The molecule has 0 bridgehead atoms. The van der Waals surface area contributed by atoms with Gasteiger partial charge in [0.05, 0.1) is 0 Å². The molecule has 162 valence electrons. The summed E-state index contributed by atoms with van der Waals surface area (Å²) in [5, 5.41) is 0. The molecule has 4 rings (SSSR count). The van der Waals surface area contributed by atoms with Gasteiger partial charge in [-0.25, -0.2) is 4.39 Å². The minimum Gasteiger partial charge on any atom is -0.207 e. The van der Waals surface area contributed by atoms with Gasteiger partial charge in [0, 0.05) is 0 Å². The molecule has 0 heterocycles. The van der Waals surface area contributed by atoms with E-state index in [0.717, 1.165) is 36.2 Å². The maximum absolute atomic E-state index is 15.0. The number of rotatable bonds is 7. The van der Waals surface area contributed by atoms with E-state index in [9.17, 15) is 0 Å². The van der Waals surface area contributed by atoms with E-state index in [-0.39, 0.29) is 5.82 Å². The molecule has 0 spiro atoms. The van der Waals surface area contributed by atoms with E-state index in [1.54, 1.807) is 0 Å². The Morgan fingerprint density at radius 1 is 0.862 bits per heavy atom. The van der Waals surface area contributed by atoms with Crippen LogP contribution in [0.15, 0.2) is 12.1 Å². The van der Waals surface area contributed by atoms with Gasteiger partial charge < -0.3 is 0 Å². The number of unbranched alkanes of at least 4 members (excludes halogenated alkanes) is 4. The fraction of sp³-hybridized carbons (Fsp3) is 0.786. The van der Waals surface area contributed by atoms with Crippen LogP contribution in [0.3, 0.4) is 0 Å². The molecule has 1 aromatic rings. The summed E-state index contributed by atoms with van der Waals surface area (Å²) in [6.07, 6.45) is 20.2. The number of hydrogen-bond acceptors (Lipinski definition) is 0. The van der Waals surface area contributed by atoms with Crippen molar-refractivity contribution in [3.63, 3.8) is 0 Å². The second-order valence-corrected chi connectivity index (χ2v) is 10.9. The van der Waals surface area contributed by atoms with Crippen molar-refractivity contribution in [2.75, 3.05) is 0 Å². The van der Waals surface area contributed by atoms with Crippen LogP contribution in [0.25, 0.3) is 0 Å². The molecule has 0 nitrogen and oxygen atoms in total. The van der Waals surface area contributed by atoms with Gasteiger partial charge in [0.2, 0.25) is 0 Å². The Bertz CT molecular complexity index is 663. The molecule has 3 aliphatic rings. The summed E-state index contributed by atoms with van der Waals surface area (Å²) < 4.78 is 15.0. The van der Waals surface area contributed by atoms with Crippen LogP contribution in [0, 0.1) is 29.5 Å². The summed E-state index contributed by atoms with van der Waals surface area (Å²) >= 11 is 0. The molecular weight excluding hydrogens is 355 g/mol. The molecule has 5 atom stereocenters. The zero-order valence-corrected chi connectivity index (χ0v) is 19.0. The highest BCUT2D eigenvalue weighted by Crippen LogP contribution is 2.49. The molecule has 0 N–H and O–H groups in total. The molecule has 2 fully saturated rings. The fourth-order valence-electron chi connectivity index (χ4n) is 6.86. The first kappa shape index (κ1) is 21.4. The molecule has 0 aliphatic heterocycles. The lowest BCUT2D eigenvalue weighted by molar-refractivity contribution is 0.112. The second-order valence-electron chi connectivity index (χ2n) is 10.9. The van der Waals surface area contributed by atoms with E-state index >= 15 is 4.39 Å². The Kier molecular flexibility index (Phi) is 7.35. The Morgan fingerprint density at radius 2 is 1.66 bits per heavy atom. The summed E-state index contributed by atoms with van der Waals surface area (Å²) in [5.41, 5.74) is 3.81. The van der Waals surface area contributed by atoms with E-state index in [1.807, 2.05) is 6.07 Å². The van der Waals surface area contributed by atoms with Gasteiger partial charge in [-0.2, -0.15) is 0 Å². The van der Waals surface area contributed by atoms with Crippen molar-refractivity contribution in [2.45, 2.75) is 116 Å². The minimum atomic E-state index is 0.0991. The molecule has 29 heavy (non-hydrogen) atoms. The van der Waals surface area contributed by atoms with Crippen molar-refractivity contribution in [1.82, 2.24) is 0 Å². The molecule has 0 radical (unpaired) electrons. The topological polar surface area (TPSA) is 0 Å². The lowest BCUT2D eigenvalue weighted by atomic mass is 9.63. The van der Waals surface area contributed by atoms with Crippen LogP contribution in [0.4, 0.5) is 4.39 Å². The van der Waals surface area contributed by atoms with Gasteiger partial charge in [-0.05, 0) is 104 Å². The lowest BCUT2D eigenvalue weighted by Gasteiger charge is -2.42.